The molecule has 0 unspecified atom stereocenters. The van der Waals surface area contributed by atoms with E-state index in [2.05, 4.69) is 76.7 Å². The number of hydrogen-bond acceptors (Lipinski definition) is 1. The lowest BCUT2D eigenvalue weighted by molar-refractivity contribution is 0.289. The molecule has 0 saturated heterocycles. The molecule has 1 aliphatic rings. The molecule has 20 heavy (non-hydrogen) atoms. The fourth-order valence-corrected chi connectivity index (χ4v) is 3.14. The second-order valence-corrected chi connectivity index (χ2v) is 6.70. The lowest BCUT2D eigenvalue weighted by Crippen LogP contribution is -2.39. The van der Waals surface area contributed by atoms with Gasteiger partial charge in [0, 0.05) is 17.1 Å². The Labute approximate surface area is 129 Å². The van der Waals surface area contributed by atoms with Crippen molar-refractivity contribution in [2.75, 3.05) is 0 Å². The van der Waals surface area contributed by atoms with Crippen molar-refractivity contribution >= 4 is 15.9 Å². The molecule has 0 heterocycles. The summed E-state index contributed by atoms with van der Waals surface area (Å²) >= 11 is 3.49. The zero-order valence-corrected chi connectivity index (χ0v) is 13.4. The zero-order chi connectivity index (χ0) is 13.9. The number of rotatable bonds is 4. The maximum Gasteiger partial charge on any atom is 0.0208 e. The molecule has 2 aromatic carbocycles. The molecular weight excluding hydrogens is 310 g/mol. The van der Waals surface area contributed by atoms with E-state index in [-0.39, 0.29) is 0 Å². The normalized spacial score (nSPS) is 21.5. The van der Waals surface area contributed by atoms with E-state index in [4.69, 9.17) is 0 Å². The molecule has 1 fully saturated rings. The van der Waals surface area contributed by atoms with Gasteiger partial charge in [0.05, 0.1) is 0 Å². The Kier molecular flexibility index (Phi) is 4.23. The highest BCUT2D eigenvalue weighted by atomic mass is 79.9. The molecule has 1 saturated carbocycles. The second-order valence-electron chi connectivity index (χ2n) is 5.79. The Bertz CT molecular complexity index is 570. The first kappa shape index (κ1) is 13.8. The molecule has 0 aliphatic heterocycles. The average molecular weight is 330 g/mol. The van der Waals surface area contributed by atoms with E-state index in [0.717, 1.165) is 16.9 Å². The standard InChI is InChI=1S/C18H20BrN/c1-13-3-2-4-14(9-13)12-20-18-10-16(11-18)15-5-7-17(19)8-6-15/h2-9,16,18,20H,10-12H2,1H3. The van der Waals surface area contributed by atoms with Crippen molar-refractivity contribution in [3.63, 3.8) is 0 Å². The summed E-state index contributed by atoms with van der Waals surface area (Å²) < 4.78 is 1.16. The van der Waals surface area contributed by atoms with Crippen molar-refractivity contribution in [2.45, 2.75) is 38.3 Å². The summed E-state index contributed by atoms with van der Waals surface area (Å²) in [6.45, 7) is 3.13. The van der Waals surface area contributed by atoms with Crippen LogP contribution in [0.15, 0.2) is 53.0 Å². The van der Waals surface area contributed by atoms with Crippen LogP contribution < -0.4 is 5.32 Å². The Balaban J connectivity index is 1.48. The maximum atomic E-state index is 3.66. The van der Waals surface area contributed by atoms with Gasteiger partial charge < -0.3 is 5.32 Å². The van der Waals surface area contributed by atoms with Crippen LogP contribution in [0.25, 0.3) is 0 Å². The molecule has 2 heteroatoms. The highest BCUT2D eigenvalue weighted by Crippen LogP contribution is 2.37. The average Bonchev–Trinajstić information content (AvgIpc) is 2.39. The van der Waals surface area contributed by atoms with Crippen LogP contribution in [0.1, 0.15) is 35.4 Å². The van der Waals surface area contributed by atoms with Crippen LogP contribution in [0.2, 0.25) is 0 Å². The predicted octanol–water partition coefficient (Wildman–Crippen LogP) is 4.79. The van der Waals surface area contributed by atoms with Crippen molar-refractivity contribution in [3.05, 3.63) is 69.7 Å². The first-order valence-corrected chi connectivity index (χ1v) is 8.04. The Morgan fingerprint density at radius 2 is 1.85 bits per heavy atom. The summed E-state index contributed by atoms with van der Waals surface area (Å²) in [6, 6.07) is 18.2. The molecule has 0 bridgehead atoms. The molecule has 104 valence electrons. The third-order valence-electron chi connectivity index (χ3n) is 4.16. The van der Waals surface area contributed by atoms with Gasteiger partial charge in [-0.05, 0) is 48.9 Å². The minimum absolute atomic E-state index is 0.671. The molecule has 1 aliphatic carbocycles. The van der Waals surface area contributed by atoms with Crippen LogP contribution in [-0.4, -0.2) is 6.04 Å². The monoisotopic (exact) mass is 329 g/mol. The summed E-state index contributed by atoms with van der Waals surface area (Å²) in [5, 5.41) is 3.66. The van der Waals surface area contributed by atoms with Gasteiger partial charge in [-0.1, -0.05) is 57.9 Å². The first-order chi connectivity index (χ1) is 9.70. The van der Waals surface area contributed by atoms with Crippen molar-refractivity contribution < 1.29 is 0 Å². The third kappa shape index (κ3) is 3.31. The number of aryl methyl sites for hydroxylation is 1. The van der Waals surface area contributed by atoms with Crippen LogP contribution in [-0.2, 0) is 6.54 Å². The van der Waals surface area contributed by atoms with E-state index < -0.39 is 0 Å². The van der Waals surface area contributed by atoms with Crippen molar-refractivity contribution in [3.8, 4) is 0 Å². The smallest absolute Gasteiger partial charge is 0.0208 e. The van der Waals surface area contributed by atoms with E-state index in [1.807, 2.05) is 0 Å². The maximum absolute atomic E-state index is 3.66. The second kappa shape index (κ2) is 6.11. The largest absolute Gasteiger partial charge is 0.310 e. The van der Waals surface area contributed by atoms with E-state index >= 15 is 0 Å². The van der Waals surface area contributed by atoms with E-state index in [1.54, 1.807) is 0 Å². The molecule has 0 aromatic heterocycles. The molecule has 3 rings (SSSR count). The molecule has 2 aromatic rings. The van der Waals surface area contributed by atoms with Crippen molar-refractivity contribution in [1.29, 1.82) is 0 Å². The van der Waals surface area contributed by atoms with Crippen LogP contribution in [0, 0.1) is 6.92 Å². The van der Waals surface area contributed by atoms with Crippen LogP contribution in [0.5, 0.6) is 0 Å². The van der Waals surface area contributed by atoms with Gasteiger partial charge in [0.1, 0.15) is 0 Å². The number of benzene rings is 2. The summed E-state index contributed by atoms with van der Waals surface area (Å²) in [5.74, 6) is 0.734. The quantitative estimate of drug-likeness (QED) is 0.850. The van der Waals surface area contributed by atoms with Gasteiger partial charge in [0.25, 0.3) is 0 Å². The Morgan fingerprint density at radius 3 is 2.55 bits per heavy atom. The van der Waals surface area contributed by atoms with E-state index in [9.17, 15) is 0 Å². The first-order valence-electron chi connectivity index (χ1n) is 7.25. The topological polar surface area (TPSA) is 12.0 Å². The summed E-state index contributed by atoms with van der Waals surface area (Å²) in [7, 11) is 0. The van der Waals surface area contributed by atoms with Gasteiger partial charge in [-0.15, -0.1) is 0 Å². The summed E-state index contributed by atoms with van der Waals surface area (Å²) in [4.78, 5) is 0. The highest BCUT2D eigenvalue weighted by Gasteiger charge is 2.29. The molecule has 0 spiro atoms. The van der Waals surface area contributed by atoms with Crippen LogP contribution >= 0.6 is 15.9 Å². The van der Waals surface area contributed by atoms with E-state index in [0.29, 0.717) is 6.04 Å². The number of nitrogens with one attached hydrogen (secondary N) is 1. The van der Waals surface area contributed by atoms with Gasteiger partial charge in [-0.3, -0.25) is 0 Å². The molecule has 1 N–H and O–H groups in total. The lowest BCUT2D eigenvalue weighted by atomic mass is 9.76. The van der Waals surface area contributed by atoms with Crippen LogP contribution in [0.3, 0.4) is 0 Å². The van der Waals surface area contributed by atoms with Gasteiger partial charge in [0.2, 0.25) is 0 Å². The summed E-state index contributed by atoms with van der Waals surface area (Å²) in [5.41, 5.74) is 4.20. The molecule has 0 amide bonds. The van der Waals surface area contributed by atoms with Gasteiger partial charge in [-0.2, -0.15) is 0 Å². The predicted molar refractivity (Wildman–Crippen MR) is 87.9 cm³/mol. The minimum Gasteiger partial charge on any atom is -0.310 e. The minimum atomic E-state index is 0.671. The fourth-order valence-electron chi connectivity index (χ4n) is 2.88. The van der Waals surface area contributed by atoms with Crippen molar-refractivity contribution in [2.24, 2.45) is 0 Å². The molecular formula is C18H20BrN. The number of hydrogen-bond donors (Lipinski definition) is 1. The van der Waals surface area contributed by atoms with Crippen molar-refractivity contribution in [1.82, 2.24) is 5.32 Å². The molecule has 0 atom stereocenters. The fraction of sp³-hybridized carbons (Fsp3) is 0.333. The van der Waals surface area contributed by atoms with Gasteiger partial charge in [0.15, 0.2) is 0 Å². The molecule has 1 nitrogen and oxygen atoms in total. The third-order valence-corrected chi connectivity index (χ3v) is 4.69. The van der Waals surface area contributed by atoms with Crippen LogP contribution in [0.4, 0.5) is 0 Å². The van der Waals surface area contributed by atoms with Gasteiger partial charge in [-0.25, -0.2) is 0 Å². The SMILES string of the molecule is Cc1cccc(CNC2CC(c3ccc(Br)cc3)C2)c1. The number of halogens is 1. The zero-order valence-electron chi connectivity index (χ0n) is 11.8. The van der Waals surface area contributed by atoms with E-state index in [1.165, 1.54) is 29.5 Å². The highest BCUT2D eigenvalue weighted by molar-refractivity contribution is 9.10. The molecule has 0 radical (unpaired) electrons. The Hall–Kier alpha value is -1.12. The Morgan fingerprint density at radius 1 is 1.10 bits per heavy atom. The van der Waals surface area contributed by atoms with Gasteiger partial charge >= 0.3 is 0 Å². The lowest BCUT2D eigenvalue weighted by Gasteiger charge is -2.36. The summed E-state index contributed by atoms with van der Waals surface area (Å²) in [6.07, 6.45) is 2.51.